The monoisotopic (exact) mass is 402 g/mol. The normalized spacial score (nSPS) is 14.0. The van der Waals surface area contributed by atoms with Crippen LogP contribution in [0.2, 0.25) is 0 Å². The van der Waals surface area contributed by atoms with E-state index in [0.717, 1.165) is 10.5 Å². The number of thioether (sulfide) groups is 1. The molecule has 0 aromatic heterocycles. The Kier molecular flexibility index (Phi) is 5.23. The number of Topliss-reactive ketones (excluding diaryl/α,β-unsaturated/α-hetero) is 1. The van der Waals surface area contributed by atoms with E-state index in [1.165, 1.54) is 11.8 Å². The Morgan fingerprint density at radius 1 is 1.00 bits per heavy atom. The van der Waals surface area contributed by atoms with Gasteiger partial charge >= 0.3 is 5.97 Å². The van der Waals surface area contributed by atoms with E-state index in [9.17, 15) is 9.59 Å². The number of ketones is 1. The van der Waals surface area contributed by atoms with Crippen LogP contribution in [0.3, 0.4) is 0 Å². The molecule has 4 nitrogen and oxygen atoms in total. The number of methoxy groups -OCH3 is 1. The van der Waals surface area contributed by atoms with Gasteiger partial charge in [0.1, 0.15) is 11.5 Å². The van der Waals surface area contributed by atoms with Crippen LogP contribution in [0.1, 0.15) is 31.8 Å². The molecule has 3 aromatic carbocycles. The van der Waals surface area contributed by atoms with E-state index in [1.54, 1.807) is 43.5 Å². The molecular weight excluding hydrogens is 384 g/mol. The maximum Gasteiger partial charge on any atom is 0.343 e. The minimum Gasteiger partial charge on any atom is -0.497 e. The summed E-state index contributed by atoms with van der Waals surface area (Å²) in [5, 5.41) is 0. The highest BCUT2D eigenvalue weighted by Crippen LogP contribution is 2.41. The summed E-state index contributed by atoms with van der Waals surface area (Å²) in [5.74, 6) is 0.594. The molecule has 0 unspecified atom stereocenters. The van der Waals surface area contributed by atoms with E-state index >= 15 is 0 Å². The van der Waals surface area contributed by atoms with Gasteiger partial charge in [0.05, 0.1) is 17.6 Å². The first-order chi connectivity index (χ1) is 14.0. The number of benzene rings is 3. The zero-order valence-electron chi connectivity index (χ0n) is 16.0. The van der Waals surface area contributed by atoms with Crippen molar-refractivity contribution >= 4 is 29.6 Å². The van der Waals surface area contributed by atoms with E-state index < -0.39 is 5.97 Å². The number of allylic oxidation sites excluding steroid dienone is 1. The fraction of sp³-hybridized carbons (Fsp3) is 0.0833. The number of carbonyl (C=O) groups excluding carboxylic acids is 2. The minimum atomic E-state index is -0.468. The molecule has 0 saturated heterocycles. The maximum atomic E-state index is 12.7. The summed E-state index contributed by atoms with van der Waals surface area (Å²) in [6.07, 6.45) is 1.79. The molecule has 0 aliphatic carbocycles. The highest BCUT2D eigenvalue weighted by molar-refractivity contribution is 8.04. The molecule has 3 aromatic rings. The Morgan fingerprint density at radius 2 is 1.76 bits per heavy atom. The molecule has 0 atom stereocenters. The lowest BCUT2D eigenvalue weighted by atomic mass is 10.1. The molecule has 0 N–H and O–H groups in total. The van der Waals surface area contributed by atoms with Crippen molar-refractivity contribution in [2.45, 2.75) is 11.8 Å². The molecule has 4 rings (SSSR count). The molecule has 5 heteroatoms. The molecule has 0 bridgehead atoms. The Hall–Kier alpha value is -3.31. The summed E-state index contributed by atoms with van der Waals surface area (Å²) >= 11 is 1.43. The zero-order valence-corrected chi connectivity index (χ0v) is 16.8. The number of carbonyl (C=O) groups is 2. The van der Waals surface area contributed by atoms with E-state index in [4.69, 9.17) is 9.47 Å². The lowest BCUT2D eigenvalue weighted by molar-refractivity contribution is 0.0734. The molecule has 0 fully saturated rings. The van der Waals surface area contributed by atoms with E-state index in [1.807, 2.05) is 43.3 Å². The summed E-state index contributed by atoms with van der Waals surface area (Å²) in [7, 11) is 1.57. The largest absolute Gasteiger partial charge is 0.497 e. The molecule has 29 heavy (non-hydrogen) atoms. The Balaban J connectivity index is 1.63. The molecule has 1 aliphatic rings. The van der Waals surface area contributed by atoms with Crippen molar-refractivity contribution in [2.75, 3.05) is 7.11 Å². The highest BCUT2D eigenvalue weighted by atomic mass is 32.2. The number of hydrogen-bond acceptors (Lipinski definition) is 5. The zero-order chi connectivity index (χ0) is 20.4. The quantitative estimate of drug-likeness (QED) is 0.325. The van der Waals surface area contributed by atoms with Crippen molar-refractivity contribution in [3.8, 4) is 11.5 Å². The molecule has 0 saturated carbocycles. The lowest BCUT2D eigenvalue weighted by Gasteiger charge is -2.10. The maximum absolute atomic E-state index is 12.7. The number of ether oxygens (including phenoxy) is 2. The van der Waals surface area contributed by atoms with Crippen LogP contribution in [-0.4, -0.2) is 18.9 Å². The van der Waals surface area contributed by atoms with Gasteiger partial charge in [-0.15, -0.1) is 0 Å². The Morgan fingerprint density at radius 3 is 2.48 bits per heavy atom. The second-order valence-electron chi connectivity index (χ2n) is 6.60. The van der Waals surface area contributed by atoms with E-state index in [2.05, 4.69) is 0 Å². The predicted octanol–water partition coefficient (Wildman–Crippen LogP) is 5.55. The van der Waals surface area contributed by atoms with Crippen molar-refractivity contribution in [1.82, 2.24) is 0 Å². The van der Waals surface area contributed by atoms with Crippen LogP contribution in [0.25, 0.3) is 6.08 Å². The Bertz CT molecular complexity index is 1130. The van der Waals surface area contributed by atoms with Crippen molar-refractivity contribution < 1.29 is 19.1 Å². The van der Waals surface area contributed by atoms with Crippen LogP contribution < -0.4 is 9.47 Å². The van der Waals surface area contributed by atoms with Gasteiger partial charge < -0.3 is 9.47 Å². The van der Waals surface area contributed by atoms with Crippen LogP contribution in [0.15, 0.2) is 76.5 Å². The number of rotatable bonds is 4. The van der Waals surface area contributed by atoms with Gasteiger partial charge in [-0.2, -0.15) is 0 Å². The van der Waals surface area contributed by atoms with Crippen LogP contribution in [0.4, 0.5) is 0 Å². The molecular formula is C24H18O4S. The standard InChI is InChI=1S/C24H18O4S/c1-15-7-12-20(28-24(26)16-8-10-18(27-2)11-9-16)17(13-15)14-22-23(25)19-5-3-4-6-21(19)29-22/h3-14H,1-2H3/b22-14-. The number of esters is 1. The third-order valence-electron chi connectivity index (χ3n) is 4.56. The van der Waals surface area contributed by atoms with Crippen molar-refractivity contribution in [3.63, 3.8) is 0 Å². The number of aryl methyl sites for hydroxylation is 1. The van der Waals surface area contributed by atoms with Crippen LogP contribution in [-0.2, 0) is 0 Å². The first-order valence-corrected chi connectivity index (χ1v) is 9.87. The molecule has 1 heterocycles. The molecule has 0 radical (unpaired) electrons. The van der Waals surface area contributed by atoms with Gasteiger partial charge in [0.2, 0.25) is 5.78 Å². The minimum absolute atomic E-state index is 0.0143. The van der Waals surface area contributed by atoms with Gasteiger partial charge in [-0.25, -0.2) is 4.79 Å². The number of hydrogen-bond donors (Lipinski definition) is 0. The van der Waals surface area contributed by atoms with Gasteiger partial charge in [0, 0.05) is 16.0 Å². The second kappa shape index (κ2) is 7.97. The summed E-state index contributed by atoms with van der Waals surface area (Å²) in [5.41, 5.74) is 2.82. The summed E-state index contributed by atoms with van der Waals surface area (Å²) in [6, 6.07) is 19.8. The lowest BCUT2D eigenvalue weighted by Crippen LogP contribution is -2.09. The topological polar surface area (TPSA) is 52.6 Å². The second-order valence-corrected chi connectivity index (χ2v) is 7.68. The van der Waals surface area contributed by atoms with Crippen molar-refractivity contribution in [2.24, 2.45) is 0 Å². The van der Waals surface area contributed by atoms with Crippen molar-refractivity contribution in [3.05, 3.63) is 93.9 Å². The Labute approximate surface area is 173 Å². The molecule has 1 aliphatic heterocycles. The summed E-state index contributed by atoms with van der Waals surface area (Å²) < 4.78 is 10.8. The average Bonchev–Trinajstić information content (AvgIpc) is 3.05. The summed E-state index contributed by atoms with van der Waals surface area (Å²) in [4.78, 5) is 26.8. The van der Waals surface area contributed by atoms with Gasteiger partial charge in [-0.3, -0.25) is 4.79 Å². The third-order valence-corrected chi connectivity index (χ3v) is 5.65. The van der Waals surface area contributed by atoms with Gasteiger partial charge in [-0.1, -0.05) is 35.5 Å². The molecule has 144 valence electrons. The molecule has 0 spiro atoms. The fourth-order valence-corrected chi connectivity index (χ4v) is 4.08. The fourth-order valence-electron chi connectivity index (χ4n) is 3.04. The SMILES string of the molecule is COc1ccc(C(=O)Oc2ccc(C)cc2/C=C2\Sc3ccccc3C2=O)cc1. The van der Waals surface area contributed by atoms with Gasteiger partial charge in [0.25, 0.3) is 0 Å². The van der Waals surface area contributed by atoms with Crippen molar-refractivity contribution in [1.29, 1.82) is 0 Å². The average molecular weight is 402 g/mol. The van der Waals surface area contributed by atoms with Crippen LogP contribution in [0.5, 0.6) is 11.5 Å². The van der Waals surface area contributed by atoms with Gasteiger partial charge in [-0.05, 0) is 61.5 Å². The van der Waals surface area contributed by atoms with Crippen LogP contribution in [0, 0.1) is 6.92 Å². The first kappa shape index (κ1) is 19.0. The first-order valence-electron chi connectivity index (χ1n) is 9.05. The third kappa shape index (κ3) is 3.96. The highest BCUT2D eigenvalue weighted by Gasteiger charge is 2.25. The van der Waals surface area contributed by atoms with E-state index in [-0.39, 0.29) is 5.78 Å². The van der Waals surface area contributed by atoms with Crippen LogP contribution >= 0.6 is 11.8 Å². The summed E-state index contributed by atoms with van der Waals surface area (Å²) in [6.45, 7) is 1.95. The number of fused-ring (bicyclic) bond motifs is 1. The smallest absolute Gasteiger partial charge is 0.343 e. The van der Waals surface area contributed by atoms with E-state index in [0.29, 0.717) is 33.1 Å². The van der Waals surface area contributed by atoms with Gasteiger partial charge in [0.15, 0.2) is 0 Å². The predicted molar refractivity (Wildman–Crippen MR) is 114 cm³/mol. The molecule has 0 amide bonds.